The zero-order valence-corrected chi connectivity index (χ0v) is 12.5. The van der Waals surface area contributed by atoms with Crippen molar-refractivity contribution in [2.45, 2.75) is 39.2 Å². The summed E-state index contributed by atoms with van der Waals surface area (Å²) in [6.45, 7) is 4.31. The van der Waals surface area contributed by atoms with Crippen molar-refractivity contribution in [1.29, 1.82) is 5.41 Å². The molecule has 0 heterocycles. The minimum atomic E-state index is -0.573. The smallest absolute Gasteiger partial charge is 0.258 e. The number of primary amides is 1. The maximum atomic E-state index is 11.4. The second-order valence-electron chi connectivity index (χ2n) is 5.41. The summed E-state index contributed by atoms with van der Waals surface area (Å²) < 4.78 is 11.4. The highest BCUT2D eigenvalue weighted by Gasteiger charge is 2.37. The van der Waals surface area contributed by atoms with Crippen LogP contribution in [0.3, 0.4) is 0 Å². The lowest BCUT2D eigenvalue weighted by atomic mass is 10.1. The number of nitrogens with two attached hydrogens (primary N) is 1. The minimum absolute atomic E-state index is 0.228. The Bertz CT molecular complexity index is 538. The summed E-state index contributed by atoms with van der Waals surface area (Å²) in [7, 11) is 0. The third kappa shape index (κ3) is 3.97. The summed E-state index contributed by atoms with van der Waals surface area (Å²) in [5, 5.41) is 7.78. The van der Waals surface area contributed by atoms with Gasteiger partial charge in [0.15, 0.2) is 6.10 Å². The third-order valence-corrected chi connectivity index (χ3v) is 3.41. The molecule has 0 saturated heterocycles. The van der Waals surface area contributed by atoms with Gasteiger partial charge in [0.05, 0.1) is 6.61 Å². The molecule has 0 aliphatic heterocycles. The van der Waals surface area contributed by atoms with Gasteiger partial charge in [-0.15, -0.1) is 0 Å². The first-order chi connectivity index (χ1) is 10.0. The highest BCUT2D eigenvalue weighted by atomic mass is 16.5. The Hall–Kier alpha value is -2.04. The SMILES string of the molecule is CCCOc1cc(OC(C(N)=O)C2CC2)ccc1C(C)=N. The van der Waals surface area contributed by atoms with Crippen molar-refractivity contribution >= 4 is 11.6 Å². The molecule has 1 amide bonds. The molecule has 1 aliphatic rings. The van der Waals surface area contributed by atoms with E-state index in [0.717, 1.165) is 24.8 Å². The number of nitrogens with one attached hydrogen (secondary N) is 1. The number of amides is 1. The standard InChI is InChI=1S/C16H22N2O3/c1-3-8-20-14-9-12(6-7-13(14)10(2)17)21-15(16(18)19)11-4-5-11/h6-7,9,11,15,17H,3-5,8H2,1-2H3,(H2,18,19). The van der Waals surface area contributed by atoms with Crippen molar-refractivity contribution in [3.8, 4) is 11.5 Å². The number of hydrogen-bond acceptors (Lipinski definition) is 4. The molecule has 21 heavy (non-hydrogen) atoms. The van der Waals surface area contributed by atoms with Gasteiger partial charge in [-0.3, -0.25) is 4.79 Å². The zero-order valence-electron chi connectivity index (χ0n) is 12.5. The first kappa shape index (κ1) is 15.4. The molecule has 114 valence electrons. The van der Waals surface area contributed by atoms with Gasteiger partial charge >= 0.3 is 0 Å². The van der Waals surface area contributed by atoms with Crippen molar-refractivity contribution in [2.75, 3.05) is 6.61 Å². The number of carbonyl (C=O) groups excluding carboxylic acids is 1. The number of hydrogen-bond donors (Lipinski definition) is 2. The van der Waals surface area contributed by atoms with Gasteiger partial charge < -0.3 is 20.6 Å². The number of carbonyl (C=O) groups is 1. The lowest BCUT2D eigenvalue weighted by molar-refractivity contribution is -0.125. The van der Waals surface area contributed by atoms with E-state index in [9.17, 15) is 4.79 Å². The van der Waals surface area contributed by atoms with E-state index in [0.29, 0.717) is 23.8 Å². The van der Waals surface area contributed by atoms with Crippen LogP contribution in [0.25, 0.3) is 0 Å². The number of rotatable bonds is 8. The van der Waals surface area contributed by atoms with Crippen LogP contribution in [0, 0.1) is 11.3 Å². The fourth-order valence-corrected chi connectivity index (χ4v) is 2.15. The molecule has 5 nitrogen and oxygen atoms in total. The van der Waals surface area contributed by atoms with E-state index in [1.54, 1.807) is 25.1 Å². The molecular formula is C16H22N2O3. The molecule has 1 atom stereocenters. The van der Waals surface area contributed by atoms with E-state index in [-0.39, 0.29) is 5.92 Å². The number of benzene rings is 1. The fraction of sp³-hybridized carbons (Fsp3) is 0.500. The molecule has 1 fully saturated rings. The first-order valence-corrected chi connectivity index (χ1v) is 7.31. The molecule has 2 rings (SSSR count). The van der Waals surface area contributed by atoms with Crippen molar-refractivity contribution in [3.05, 3.63) is 23.8 Å². The Labute approximate surface area is 124 Å². The van der Waals surface area contributed by atoms with Gasteiger partial charge in [0, 0.05) is 23.3 Å². The van der Waals surface area contributed by atoms with E-state index >= 15 is 0 Å². The summed E-state index contributed by atoms with van der Waals surface area (Å²) in [4.78, 5) is 11.4. The highest BCUT2D eigenvalue weighted by molar-refractivity contribution is 5.99. The normalized spacial score (nSPS) is 15.3. The molecule has 1 aliphatic carbocycles. The van der Waals surface area contributed by atoms with E-state index in [2.05, 4.69) is 0 Å². The summed E-state index contributed by atoms with van der Waals surface area (Å²) >= 11 is 0. The van der Waals surface area contributed by atoms with Gasteiger partial charge in [-0.2, -0.15) is 0 Å². The van der Waals surface area contributed by atoms with Crippen LogP contribution in [0.1, 0.15) is 38.7 Å². The Morgan fingerprint density at radius 3 is 2.71 bits per heavy atom. The largest absolute Gasteiger partial charge is 0.493 e. The summed E-state index contributed by atoms with van der Waals surface area (Å²) in [5.41, 5.74) is 6.56. The minimum Gasteiger partial charge on any atom is -0.493 e. The average molecular weight is 290 g/mol. The second-order valence-corrected chi connectivity index (χ2v) is 5.41. The highest BCUT2D eigenvalue weighted by Crippen LogP contribution is 2.36. The summed E-state index contributed by atoms with van der Waals surface area (Å²) in [6, 6.07) is 5.28. The molecular weight excluding hydrogens is 268 g/mol. The lowest BCUT2D eigenvalue weighted by Crippen LogP contribution is -2.35. The van der Waals surface area contributed by atoms with Crippen LogP contribution < -0.4 is 15.2 Å². The molecule has 0 spiro atoms. The summed E-state index contributed by atoms with van der Waals surface area (Å²) in [5.74, 6) is 0.968. The molecule has 1 unspecified atom stereocenters. The fourth-order valence-electron chi connectivity index (χ4n) is 2.15. The average Bonchev–Trinajstić information content (AvgIpc) is 3.26. The van der Waals surface area contributed by atoms with Crippen LogP contribution in [-0.2, 0) is 4.79 Å². The van der Waals surface area contributed by atoms with E-state index in [4.69, 9.17) is 20.6 Å². The molecule has 0 aromatic heterocycles. The first-order valence-electron chi connectivity index (χ1n) is 7.31. The monoisotopic (exact) mass is 290 g/mol. The van der Waals surface area contributed by atoms with Gasteiger partial charge in [-0.1, -0.05) is 6.92 Å². The predicted molar refractivity (Wildman–Crippen MR) is 81.1 cm³/mol. The quantitative estimate of drug-likeness (QED) is 0.721. The molecule has 1 aromatic rings. The van der Waals surface area contributed by atoms with Crippen molar-refractivity contribution in [3.63, 3.8) is 0 Å². The van der Waals surface area contributed by atoms with Gasteiger partial charge in [-0.25, -0.2) is 0 Å². The van der Waals surface area contributed by atoms with Gasteiger partial charge in [0.2, 0.25) is 0 Å². The van der Waals surface area contributed by atoms with Crippen LogP contribution in [0.4, 0.5) is 0 Å². The lowest BCUT2D eigenvalue weighted by Gasteiger charge is -2.17. The van der Waals surface area contributed by atoms with Gasteiger partial charge in [-0.05, 0) is 38.3 Å². The second kappa shape index (κ2) is 6.61. The molecule has 0 radical (unpaired) electrons. The predicted octanol–water partition coefficient (Wildman–Crippen LogP) is 2.51. The summed E-state index contributed by atoms with van der Waals surface area (Å²) in [6.07, 6.45) is 2.26. The van der Waals surface area contributed by atoms with Crippen molar-refractivity contribution < 1.29 is 14.3 Å². The Morgan fingerprint density at radius 2 is 2.19 bits per heavy atom. The molecule has 1 saturated carbocycles. The van der Waals surface area contributed by atoms with E-state index in [1.165, 1.54) is 0 Å². The third-order valence-electron chi connectivity index (χ3n) is 3.41. The maximum absolute atomic E-state index is 11.4. The van der Waals surface area contributed by atoms with Crippen LogP contribution >= 0.6 is 0 Å². The Morgan fingerprint density at radius 1 is 1.48 bits per heavy atom. The van der Waals surface area contributed by atoms with Gasteiger partial charge in [0.25, 0.3) is 5.91 Å². The van der Waals surface area contributed by atoms with Gasteiger partial charge in [0.1, 0.15) is 11.5 Å². The molecule has 1 aromatic carbocycles. The molecule has 5 heteroatoms. The van der Waals surface area contributed by atoms with Crippen LogP contribution in [-0.4, -0.2) is 24.3 Å². The molecule has 3 N–H and O–H groups in total. The van der Waals surface area contributed by atoms with E-state index < -0.39 is 12.0 Å². The Kier molecular flexibility index (Phi) is 4.83. The Balaban J connectivity index is 2.19. The van der Waals surface area contributed by atoms with Crippen molar-refractivity contribution in [2.24, 2.45) is 11.7 Å². The molecule has 0 bridgehead atoms. The van der Waals surface area contributed by atoms with E-state index in [1.807, 2.05) is 6.92 Å². The zero-order chi connectivity index (χ0) is 15.4. The maximum Gasteiger partial charge on any atom is 0.258 e. The van der Waals surface area contributed by atoms with Crippen molar-refractivity contribution in [1.82, 2.24) is 0 Å². The van der Waals surface area contributed by atoms with Crippen LogP contribution in [0.2, 0.25) is 0 Å². The topological polar surface area (TPSA) is 85.4 Å². The van der Waals surface area contributed by atoms with Crippen LogP contribution in [0.15, 0.2) is 18.2 Å². The number of ether oxygens (including phenoxy) is 2. The van der Waals surface area contributed by atoms with Crippen LogP contribution in [0.5, 0.6) is 11.5 Å².